The molecule has 1 aliphatic heterocycles. The maximum Gasteiger partial charge on any atom is 0.337 e. The van der Waals surface area contributed by atoms with Crippen LogP contribution in [0.5, 0.6) is 0 Å². The fourth-order valence-corrected chi connectivity index (χ4v) is 3.24. The molecule has 2 aromatic rings. The van der Waals surface area contributed by atoms with E-state index in [4.69, 9.17) is 5.11 Å². The number of rotatable bonds is 4. The summed E-state index contributed by atoms with van der Waals surface area (Å²) in [7, 11) is 0. The minimum absolute atomic E-state index is 0.303. The number of hydrogen-bond acceptors (Lipinski definition) is 3. The molecule has 3 rings (SSSR count). The molecule has 21 heavy (non-hydrogen) atoms. The Bertz CT molecular complexity index is 650. The Morgan fingerprint density at radius 2 is 2.29 bits per heavy atom. The van der Waals surface area contributed by atoms with Crippen molar-refractivity contribution in [3.63, 3.8) is 0 Å². The van der Waals surface area contributed by atoms with Gasteiger partial charge in [-0.1, -0.05) is 13.3 Å². The van der Waals surface area contributed by atoms with Gasteiger partial charge in [0, 0.05) is 18.7 Å². The summed E-state index contributed by atoms with van der Waals surface area (Å²) in [5, 5.41) is 9.13. The normalized spacial score (nSPS) is 20.0. The molecule has 1 atom stereocenters. The van der Waals surface area contributed by atoms with Crippen molar-refractivity contribution >= 4 is 11.5 Å². The van der Waals surface area contributed by atoms with Crippen LogP contribution in [0.15, 0.2) is 24.5 Å². The number of nitrogens with zero attached hydrogens (tertiary/aromatic N) is 3. The number of carbonyl (C=O) groups is 1. The van der Waals surface area contributed by atoms with E-state index in [0.29, 0.717) is 11.6 Å². The van der Waals surface area contributed by atoms with Gasteiger partial charge in [0.2, 0.25) is 0 Å². The van der Waals surface area contributed by atoms with Gasteiger partial charge < -0.3 is 14.4 Å². The summed E-state index contributed by atoms with van der Waals surface area (Å²) < 4.78 is 1.92. The molecular weight excluding hydrogens is 266 g/mol. The third-order valence-corrected chi connectivity index (χ3v) is 4.42. The highest BCUT2D eigenvalue weighted by molar-refractivity contribution is 5.87. The van der Waals surface area contributed by atoms with E-state index in [1.165, 1.54) is 19.3 Å². The first-order chi connectivity index (χ1) is 10.2. The van der Waals surface area contributed by atoms with Crippen LogP contribution in [0, 0.1) is 0 Å². The first-order valence-electron chi connectivity index (χ1n) is 7.62. The molecule has 0 saturated carbocycles. The Morgan fingerprint density at radius 1 is 1.43 bits per heavy atom. The third-order valence-electron chi connectivity index (χ3n) is 4.42. The monoisotopic (exact) mass is 287 g/mol. The fraction of sp³-hybridized carbons (Fsp3) is 0.500. The van der Waals surface area contributed by atoms with Crippen LogP contribution in [-0.2, 0) is 6.42 Å². The summed E-state index contributed by atoms with van der Waals surface area (Å²) in [6, 6.07) is 3.96. The van der Waals surface area contributed by atoms with E-state index < -0.39 is 5.97 Å². The standard InChI is InChI=1S/C16H21N3O2/c1-2-18-8-4-3-5-13(18)9-15-17-10-14-7-6-12(16(20)21)11-19(14)15/h6-7,10-11,13H,2-5,8-9H2,1H3,(H,20,21). The van der Waals surface area contributed by atoms with E-state index in [1.54, 1.807) is 12.3 Å². The number of aromatic carboxylic acids is 1. The summed E-state index contributed by atoms with van der Waals surface area (Å²) in [5.74, 6) is 0.0582. The maximum atomic E-state index is 11.1. The predicted molar refractivity (Wildman–Crippen MR) is 80.7 cm³/mol. The number of likely N-dealkylation sites (N-methyl/N-ethyl adjacent to an activating group) is 1. The number of aromatic nitrogens is 2. The molecule has 0 aromatic carbocycles. The number of pyridine rings is 1. The van der Waals surface area contributed by atoms with E-state index in [2.05, 4.69) is 16.8 Å². The number of carboxylic acids is 1. The summed E-state index contributed by atoms with van der Waals surface area (Å²) in [4.78, 5) is 18.1. The van der Waals surface area contributed by atoms with Gasteiger partial charge in [-0.2, -0.15) is 0 Å². The van der Waals surface area contributed by atoms with Crippen molar-refractivity contribution < 1.29 is 9.90 Å². The van der Waals surface area contributed by atoms with E-state index >= 15 is 0 Å². The molecule has 112 valence electrons. The van der Waals surface area contributed by atoms with Crippen molar-refractivity contribution in [3.8, 4) is 0 Å². The Hall–Kier alpha value is -1.88. The Labute approximate surface area is 124 Å². The van der Waals surface area contributed by atoms with Crippen LogP contribution in [0.4, 0.5) is 0 Å². The van der Waals surface area contributed by atoms with Crippen LogP contribution >= 0.6 is 0 Å². The molecule has 0 aliphatic carbocycles. The quantitative estimate of drug-likeness (QED) is 0.938. The van der Waals surface area contributed by atoms with Crippen molar-refractivity contribution in [2.75, 3.05) is 13.1 Å². The van der Waals surface area contributed by atoms with E-state index in [0.717, 1.165) is 30.9 Å². The number of fused-ring (bicyclic) bond motifs is 1. The van der Waals surface area contributed by atoms with Crippen LogP contribution in [0.1, 0.15) is 42.4 Å². The minimum Gasteiger partial charge on any atom is -0.478 e. The van der Waals surface area contributed by atoms with Gasteiger partial charge in [0.1, 0.15) is 5.82 Å². The molecule has 1 saturated heterocycles. The fourth-order valence-electron chi connectivity index (χ4n) is 3.24. The zero-order valence-electron chi connectivity index (χ0n) is 12.3. The van der Waals surface area contributed by atoms with Gasteiger partial charge >= 0.3 is 5.97 Å². The second-order valence-electron chi connectivity index (χ2n) is 5.67. The number of piperidine rings is 1. The van der Waals surface area contributed by atoms with Gasteiger partial charge in [-0.05, 0) is 38.1 Å². The molecule has 1 fully saturated rings. The van der Waals surface area contributed by atoms with Gasteiger partial charge in [0.05, 0.1) is 17.3 Å². The van der Waals surface area contributed by atoms with Crippen LogP contribution in [0.2, 0.25) is 0 Å². The van der Waals surface area contributed by atoms with Gasteiger partial charge in [-0.15, -0.1) is 0 Å². The lowest BCUT2D eigenvalue weighted by Gasteiger charge is -2.34. The van der Waals surface area contributed by atoms with Gasteiger partial charge in [-0.25, -0.2) is 9.78 Å². The van der Waals surface area contributed by atoms with Gasteiger partial charge in [0.25, 0.3) is 0 Å². The zero-order valence-corrected chi connectivity index (χ0v) is 12.3. The SMILES string of the molecule is CCN1CCCCC1Cc1ncc2ccc(C(=O)O)cn12. The van der Waals surface area contributed by atoms with Crippen LogP contribution in [0.25, 0.3) is 5.52 Å². The van der Waals surface area contributed by atoms with Crippen molar-refractivity contribution in [3.05, 3.63) is 35.9 Å². The molecule has 1 aliphatic rings. The van der Waals surface area contributed by atoms with E-state index in [-0.39, 0.29) is 0 Å². The van der Waals surface area contributed by atoms with Gasteiger partial charge in [-0.3, -0.25) is 0 Å². The van der Waals surface area contributed by atoms with Crippen LogP contribution < -0.4 is 0 Å². The van der Waals surface area contributed by atoms with Crippen molar-refractivity contribution in [2.45, 2.75) is 38.6 Å². The molecule has 3 heterocycles. The molecule has 1 unspecified atom stereocenters. The van der Waals surface area contributed by atoms with Crippen LogP contribution in [0.3, 0.4) is 0 Å². The van der Waals surface area contributed by atoms with E-state index in [9.17, 15) is 4.79 Å². The number of likely N-dealkylation sites (tertiary alicyclic amines) is 1. The molecule has 1 N–H and O–H groups in total. The number of imidazole rings is 1. The third kappa shape index (κ3) is 2.78. The largest absolute Gasteiger partial charge is 0.478 e. The summed E-state index contributed by atoms with van der Waals surface area (Å²) in [5.41, 5.74) is 1.26. The Kier molecular flexibility index (Phi) is 3.92. The Balaban J connectivity index is 1.89. The maximum absolute atomic E-state index is 11.1. The average Bonchev–Trinajstić information content (AvgIpc) is 2.90. The molecule has 5 nitrogen and oxygen atoms in total. The highest BCUT2D eigenvalue weighted by atomic mass is 16.4. The molecular formula is C16H21N3O2. The minimum atomic E-state index is -0.899. The van der Waals surface area contributed by atoms with Gasteiger partial charge in [0.15, 0.2) is 0 Å². The van der Waals surface area contributed by atoms with Crippen molar-refractivity contribution in [2.24, 2.45) is 0 Å². The van der Waals surface area contributed by atoms with Crippen molar-refractivity contribution in [1.29, 1.82) is 0 Å². The summed E-state index contributed by atoms with van der Waals surface area (Å²) >= 11 is 0. The molecule has 0 bridgehead atoms. The average molecular weight is 287 g/mol. The second-order valence-corrected chi connectivity index (χ2v) is 5.67. The predicted octanol–water partition coefficient (Wildman–Crippen LogP) is 2.45. The van der Waals surface area contributed by atoms with Crippen LogP contribution in [-0.4, -0.2) is 44.5 Å². The summed E-state index contributed by atoms with van der Waals surface area (Å²) in [6.07, 6.45) is 8.12. The lowest BCUT2D eigenvalue weighted by molar-refractivity contribution is 0.0696. The molecule has 0 radical (unpaired) electrons. The summed E-state index contributed by atoms with van der Waals surface area (Å²) in [6.45, 7) is 4.42. The molecule has 0 amide bonds. The first kappa shape index (κ1) is 14.1. The van der Waals surface area contributed by atoms with E-state index in [1.807, 2.05) is 16.7 Å². The van der Waals surface area contributed by atoms with Crippen molar-refractivity contribution in [1.82, 2.24) is 14.3 Å². The zero-order chi connectivity index (χ0) is 14.8. The first-order valence-corrected chi connectivity index (χ1v) is 7.62. The lowest BCUT2D eigenvalue weighted by Crippen LogP contribution is -2.40. The smallest absolute Gasteiger partial charge is 0.337 e. The Morgan fingerprint density at radius 3 is 3.05 bits per heavy atom. The number of carboxylic acid groups (broad SMARTS) is 1. The second kappa shape index (κ2) is 5.85. The molecule has 2 aromatic heterocycles. The topological polar surface area (TPSA) is 57.8 Å². The molecule has 0 spiro atoms. The lowest BCUT2D eigenvalue weighted by atomic mass is 9.99. The highest BCUT2D eigenvalue weighted by Gasteiger charge is 2.22. The number of hydrogen-bond donors (Lipinski definition) is 1. The highest BCUT2D eigenvalue weighted by Crippen LogP contribution is 2.21. The molecule has 5 heteroatoms.